The van der Waals surface area contributed by atoms with Crippen LogP contribution in [0.2, 0.25) is 0 Å². The molecule has 0 amide bonds. The molecule has 0 rings (SSSR count). The van der Waals surface area contributed by atoms with Crippen LogP contribution in [0.4, 0.5) is 0 Å². The summed E-state index contributed by atoms with van der Waals surface area (Å²) in [5.74, 6) is 0.922. The average Bonchev–Trinajstić information content (AvgIpc) is 2.78. The molecule has 31 heavy (non-hydrogen) atoms. The summed E-state index contributed by atoms with van der Waals surface area (Å²) in [7, 11) is 0. The summed E-state index contributed by atoms with van der Waals surface area (Å²) in [5, 5.41) is 0. The molecule has 2 heteroatoms. The summed E-state index contributed by atoms with van der Waals surface area (Å²) < 4.78 is 0. The van der Waals surface area contributed by atoms with Gasteiger partial charge in [0.05, 0.1) is 0 Å². The number of rotatable bonds is 23. The molecule has 0 spiro atoms. The summed E-state index contributed by atoms with van der Waals surface area (Å²) in [6, 6.07) is 0. The number of ketones is 2. The molecule has 0 N–H and O–H groups in total. The van der Waals surface area contributed by atoms with Crippen LogP contribution >= 0.6 is 0 Å². The monoisotopic (exact) mass is 438 g/mol. The minimum Gasteiger partial charge on any atom is -0.300 e. The van der Waals surface area contributed by atoms with Crippen LogP contribution in [0.25, 0.3) is 0 Å². The van der Waals surface area contributed by atoms with Crippen LogP contribution in [0.3, 0.4) is 0 Å². The zero-order valence-corrected chi connectivity index (χ0v) is 22.1. The average molecular weight is 439 g/mol. The summed E-state index contributed by atoms with van der Waals surface area (Å²) in [6.07, 6.45) is 27.7. The van der Waals surface area contributed by atoms with Gasteiger partial charge in [0.15, 0.2) is 0 Å². The predicted molar refractivity (Wildman–Crippen MR) is 139 cm³/mol. The molecule has 0 radical (unpaired) electrons. The highest BCUT2D eigenvalue weighted by atomic mass is 16.1. The summed E-state index contributed by atoms with van der Waals surface area (Å²) in [4.78, 5) is 22.5. The quantitative estimate of drug-likeness (QED) is 0.149. The number of carbonyl (C=O) groups excluding carboxylic acids is 2. The van der Waals surface area contributed by atoms with Crippen molar-refractivity contribution < 1.29 is 9.59 Å². The van der Waals surface area contributed by atoms with Gasteiger partial charge in [-0.05, 0) is 19.3 Å². The first kappa shape index (κ1) is 32.5. The molecular weight excluding hydrogens is 380 g/mol. The van der Waals surface area contributed by atoms with Gasteiger partial charge in [-0.2, -0.15) is 0 Å². The molecule has 186 valence electrons. The summed E-state index contributed by atoms with van der Waals surface area (Å²) in [6.45, 7) is 8.66. The predicted octanol–water partition coefficient (Wildman–Crippen LogP) is 10.2. The van der Waals surface area contributed by atoms with Crippen molar-refractivity contribution in [2.45, 2.75) is 175 Å². The van der Waals surface area contributed by atoms with Crippen molar-refractivity contribution in [3.8, 4) is 0 Å². The van der Waals surface area contributed by atoms with E-state index in [4.69, 9.17) is 0 Å². The van der Waals surface area contributed by atoms with Crippen LogP contribution < -0.4 is 0 Å². The van der Waals surface area contributed by atoms with E-state index < -0.39 is 0 Å². The third kappa shape index (κ3) is 31.6. The molecule has 0 aromatic rings. The lowest BCUT2D eigenvalue weighted by molar-refractivity contribution is -0.119. The topological polar surface area (TPSA) is 34.1 Å². The number of Topliss-reactive ketones (excluding diaryl/α,β-unsaturated/α-hetero) is 2. The Morgan fingerprint density at radius 1 is 0.355 bits per heavy atom. The smallest absolute Gasteiger partial charge is 0.132 e. The highest BCUT2D eigenvalue weighted by Gasteiger charge is 2.01. The lowest BCUT2D eigenvalue weighted by Gasteiger charge is -2.01. The van der Waals surface area contributed by atoms with Crippen LogP contribution in [0.1, 0.15) is 175 Å². The number of hydrogen-bond donors (Lipinski definition) is 0. The van der Waals surface area contributed by atoms with Crippen molar-refractivity contribution in [1.29, 1.82) is 0 Å². The van der Waals surface area contributed by atoms with Crippen LogP contribution in [0, 0.1) is 0 Å². The van der Waals surface area contributed by atoms with E-state index in [2.05, 4.69) is 20.8 Å². The van der Waals surface area contributed by atoms with Crippen LogP contribution in [0.15, 0.2) is 0 Å². The Hall–Kier alpha value is -0.660. The van der Waals surface area contributed by atoms with Crippen molar-refractivity contribution in [3.63, 3.8) is 0 Å². The largest absolute Gasteiger partial charge is 0.300 e. The van der Waals surface area contributed by atoms with Gasteiger partial charge in [0, 0.05) is 25.7 Å². The van der Waals surface area contributed by atoms with Crippen molar-refractivity contribution in [1.82, 2.24) is 0 Å². The highest BCUT2D eigenvalue weighted by molar-refractivity contribution is 5.78. The van der Waals surface area contributed by atoms with E-state index in [0.29, 0.717) is 11.6 Å². The third-order valence-electron chi connectivity index (χ3n) is 6.07. The Labute approximate surface area is 196 Å². The van der Waals surface area contributed by atoms with E-state index in [9.17, 15) is 9.59 Å². The zero-order valence-electron chi connectivity index (χ0n) is 22.1. The number of hydrogen-bond acceptors (Lipinski definition) is 2. The minimum atomic E-state index is 0.429. The lowest BCUT2D eigenvalue weighted by Crippen LogP contribution is -1.97. The first-order valence-corrected chi connectivity index (χ1v) is 14.2. The molecule has 0 aliphatic rings. The second-order valence-corrected chi connectivity index (χ2v) is 9.34. The Kier molecular flexibility index (Phi) is 30.8. The molecular formula is C29H58O2. The summed E-state index contributed by atoms with van der Waals surface area (Å²) in [5.41, 5.74) is 0. The molecule has 0 fully saturated rings. The van der Waals surface area contributed by atoms with E-state index in [1.807, 2.05) is 6.92 Å². The van der Waals surface area contributed by atoms with E-state index >= 15 is 0 Å². The van der Waals surface area contributed by atoms with Crippen molar-refractivity contribution in [2.75, 3.05) is 0 Å². The molecule has 0 bridgehead atoms. The SMILES string of the molecule is CCCCCCCC(=O)CCCCCCC.CCCCCCCCCCCC(=O)CC. The molecule has 0 saturated heterocycles. The molecule has 0 aliphatic carbocycles. The van der Waals surface area contributed by atoms with Gasteiger partial charge in [0.2, 0.25) is 0 Å². The molecule has 0 saturated carbocycles. The maximum absolute atomic E-state index is 11.5. The van der Waals surface area contributed by atoms with E-state index in [0.717, 1.165) is 44.9 Å². The van der Waals surface area contributed by atoms with Crippen molar-refractivity contribution in [3.05, 3.63) is 0 Å². The number of carbonyl (C=O) groups is 2. The van der Waals surface area contributed by atoms with Gasteiger partial charge in [-0.25, -0.2) is 0 Å². The van der Waals surface area contributed by atoms with Crippen molar-refractivity contribution in [2.24, 2.45) is 0 Å². The van der Waals surface area contributed by atoms with Gasteiger partial charge >= 0.3 is 0 Å². The molecule has 0 aliphatic heterocycles. The first-order valence-electron chi connectivity index (χ1n) is 14.2. The fourth-order valence-corrected chi connectivity index (χ4v) is 3.79. The second kappa shape index (κ2) is 29.3. The normalized spacial score (nSPS) is 10.6. The molecule has 0 atom stereocenters. The van der Waals surface area contributed by atoms with Crippen LogP contribution in [-0.2, 0) is 9.59 Å². The van der Waals surface area contributed by atoms with Crippen LogP contribution in [0.5, 0.6) is 0 Å². The first-order chi connectivity index (χ1) is 15.1. The maximum atomic E-state index is 11.5. The Balaban J connectivity index is 0. The Morgan fingerprint density at radius 3 is 0.903 bits per heavy atom. The minimum absolute atomic E-state index is 0.429. The highest BCUT2D eigenvalue weighted by Crippen LogP contribution is 2.11. The Bertz CT molecular complexity index is 346. The van der Waals surface area contributed by atoms with Crippen molar-refractivity contribution >= 4 is 11.6 Å². The van der Waals surface area contributed by atoms with E-state index in [1.165, 1.54) is 103 Å². The lowest BCUT2D eigenvalue weighted by atomic mass is 10.0. The molecule has 0 heterocycles. The van der Waals surface area contributed by atoms with Gasteiger partial charge < -0.3 is 0 Å². The van der Waals surface area contributed by atoms with Gasteiger partial charge in [0.25, 0.3) is 0 Å². The number of unbranched alkanes of at least 4 members (excludes halogenated alkanes) is 16. The summed E-state index contributed by atoms with van der Waals surface area (Å²) >= 11 is 0. The third-order valence-corrected chi connectivity index (χ3v) is 6.07. The second-order valence-electron chi connectivity index (χ2n) is 9.34. The molecule has 2 nitrogen and oxygen atoms in total. The maximum Gasteiger partial charge on any atom is 0.132 e. The molecule has 0 unspecified atom stereocenters. The van der Waals surface area contributed by atoms with Gasteiger partial charge in [0.1, 0.15) is 11.6 Å². The van der Waals surface area contributed by atoms with E-state index in [-0.39, 0.29) is 0 Å². The standard InChI is InChI=1S/C15H30O.C14H28O/c1-3-5-7-9-11-13-15(16)14-12-10-8-6-4-2;1-3-5-6-7-8-9-10-11-12-13-14(15)4-2/h3-14H2,1-2H3;3-13H2,1-2H3. The van der Waals surface area contributed by atoms with Crippen LogP contribution in [-0.4, -0.2) is 11.6 Å². The molecule has 0 aromatic heterocycles. The van der Waals surface area contributed by atoms with E-state index in [1.54, 1.807) is 0 Å². The van der Waals surface area contributed by atoms with Gasteiger partial charge in [-0.1, -0.05) is 130 Å². The van der Waals surface area contributed by atoms with Gasteiger partial charge in [-0.15, -0.1) is 0 Å². The zero-order chi connectivity index (χ0) is 23.4. The fraction of sp³-hybridized carbons (Fsp3) is 0.931. The fourth-order valence-electron chi connectivity index (χ4n) is 3.79. The molecule has 0 aromatic carbocycles. The Morgan fingerprint density at radius 2 is 0.613 bits per heavy atom. The van der Waals surface area contributed by atoms with Gasteiger partial charge in [-0.3, -0.25) is 9.59 Å².